The normalized spacial score (nSPS) is 12.6. The van der Waals surface area contributed by atoms with Crippen LogP contribution in [0.1, 0.15) is 0 Å². The SMILES string of the molecule is C=CS(=O)(=O)[O][In]([O]S(=O)(=O)C=C)[O]S(=O)(=O)C=C. The average molecular weight is 436 g/mol. The van der Waals surface area contributed by atoms with Gasteiger partial charge in [0, 0.05) is 0 Å². The Morgan fingerprint density at radius 3 is 1.00 bits per heavy atom. The van der Waals surface area contributed by atoms with Crippen LogP contribution in [0.15, 0.2) is 36.0 Å². The summed E-state index contributed by atoms with van der Waals surface area (Å²) in [7, 11) is -13.1. The van der Waals surface area contributed by atoms with Gasteiger partial charge in [0.05, 0.1) is 0 Å². The van der Waals surface area contributed by atoms with Gasteiger partial charge in [-0.05, 0) is 0 Å². The van der Waals surface area contributed by atoms with E-state index >= 15 is 0 Å². The monoisotopic (exact) mass is 436 g/mol. The maximum absolute atomic E-state index is 11.1. The molecular weight excluding hydrogens is 427 g/mol. The first-order valence-corrected chi connectivity index (χ1v) is 12.6. The van der Waals surface area contributed by atoms with Gasteiger partial charge < -0.3 is 0 Å². The zero-order valence-electron chi connectivity index (χ0n) is 9.33. The van der Waals surface area contributed by atoms with Crippen LogP contribution < -0.4 is 0 Å². The summed E-state index contributed by atoms with van der Waals surface area (Å²) in [6.45, 7) is 8.67. The first-order valence-electron chi connectivity index (χ1n) is 4.14. The Morgan fingerprint density at radius 1 is 0.632 bits per heavy atom. The average Bonchev–Trinajstić information content (AvgIpc) is 2.27. The van der Waals surface area contributed by atoms with Gasteiger partial charge in [0.1, 0.15) is 0 Å². The Balaban J connectivity index is 5.33. The van der Waals surface area contributed by atoms with Crippen LogP contribution in [0.5, 0.6) is 0 Å². The van der Waals surface area contributed by atoms with Gasteiger partial charge in [-0.2, -0.15) is 0 Å². The summed E-state index contributed by atoms with van der Waals surface area (Å²) in [5.41, 5.74) is 0. The summed E-state index contributed by atoms with van der Waals surface area (Å²) in [6.07, 6.45) is 0. The van der Waals surface area contributed by atoms with Crippen molar-refractivity contribution in [2.24, 2.45) is 0 Å². The Labute approximate surface area is 120 Å². The van der Waals surface area contributed by atoms with Crippen LogP contribution in [-0.2, 0) is 37.3 Å². The molecule has 0 aromatic heterocycles. The molecule has 0 N–H and O–H groups in total. The van der Waals surface area contributed by atoms with Crippen LogP contribution >= 0.6 is 0 Å². The zero-order valence-corrected chi connectivity index (χ0v) is 15.1. The third kappa shape index (κ3) is 7.86. The van der Waals surface area contributed by atoms with E-state index in [0.29, 0.717) is 16.2 Å². The number of rotatable bonds is 9. The molecule has 13 heteroatoms. The summed E-state index contributed by atoms with van der Waals surface area (Å²) in [5, 5.41) is 1.01. The van der Waals surface area contributed by atoms with Gasteiger partial charge in [-0.3, -0.25) is 0 Å². The predicted octanol–water partition coefficient (Wildman–Crippen LogP) is -0.559. The van der Waals surface area contributed by atoms with Gasteiger partial charge in [-0.25, -0.2) is 0 Å². The Kier molecular flexibility index (Phi) is 6.94. The maximum atomic E-state index is 11.1. The standard InChI is InChI=1S/3C2H4O3S.In/c3*1-2-6(3,4)5;/h3*2H,1H2,(H,3,4,5);/q;;;+3/p-3. The van der Waals surface area contributed by atoms with Gasteiger partial charge in [-0.1, -0.05) is 0 Å². The molecule has 0 aromatic carbocycles. The molecule has 108 valence electrons. The van der Waals surface area contributed by atoms with Crippen molar-refractivity contribution in [3.05, 3.63) is 36.0 Å². The second kappa shape index (κ2) is 7.01. The minimum atomic E-state index is -4.93. The van der Waals surface area contributed by atoms with E-state index in [0.717, 1.165) is 0 Å². The van der Waals surface area contributed by atoms with E-state index in [4.69, 9.17) is 0 Å². The molecule has 0 radical (unpaired) electrons. The second-order valence-electron chi connectivity index (χ2n) is 2.56. The molecule has 0 fully saturated rings. The molecule has 0 aliphatic rings. The Morgan fingerprint density at radius 2 is 0.842 bits per heavy atom. The van der Waals surface area contributed by atoms with E-state index in [9.17, 15) is 25.3 Å². The van der Waals surface area contributed by atoms with Crippen molar-refractivity contribution < 1.29 is 32.2 Å². The third-order valence-electron chi connectivity index (χ3n) is 1.25. The molecule has 0 saturated heterocycles. The summed E-state index contributed by atoms with van der Waals surface area (Å²) in [6, 6.07) is 0. The zero-order chi connectivity index (χ0) is 15.3. The molecule has 0 saturated carbocycles. The topological polar surface area (TPSA) is 130 Å². The van der Waals surface area contributed by atoms with Crippen molar-refractivity contribution in [1.82, 2.24) is 0 Å². The minimum absolute atomic E-state index is 0.338. The number of hydrogen-bond donors (Lipinski definition) is 0. The molecule has 0 spiro atoms. The van der Waals surface area contributed by atoms with E-state index in [1.807, 2.05) is 0 Å². The Bertz CT molecular complexity index is 562. The molecule has 0 amide bonds. The van der Waals surface area contributed by atoms with Crippen molar-refractivity contribution in [3.8, 4) is 0 Å². The fourth-order valence-corrected chi connectivity index (χ4v) is 11.9. The van der Waals surface area contributed by atoms with Crippen molar-refractivity contribution in [1.29, 1.82) is 0 Å². The fourth-order valence-electron chi connectivity index (χ4n) is 0.494. The van der Waals surface area contributed by atoms with Gasteiger partial charge in [-0.15, -0.1) is 0 Å². The summed E-state index contributed by atoms with van der Waals surface area (Å²) in [4.78, 5) is 0. The van der Waals surface area contributed by atoms with Gasteiger partial charge in [0.2, 0.25) is 0 Å². The van der Waals surface area contributed by atoms with E-state index in [1.54, 1.807) is 0 Å². The van der Waals surface area contributed by atoms with Crippen molar-refractivity contribution >= 4 is 53.1 Å². The number of hydrogen-bond acceptors (Lipinski definition) is 9. The summed E-state index contributed by atoms with van der Waals surface area (Å²) in [5.74, 6) is 0. The van der Waals surface area contributed by atoms with Crippen LogP contribution in [0, 0.1) is 0 Å². The van der Waals surface area contributed by atoms with Gasteiger partial charge >= 0.3 is 121 Å². The molecule has 0 aliphatic carbocycles. The molecule has 19 heavy (non-hydrogen) atoms. The van der Waals surface area contributed by atoms with Gasteiger partial charge in [0.25, 0.3) is 0 Å². The van der Waals surface area contributed by atoms with E-state index in [1.165, 1.54) is 0 Å². The van der Waals surface area contributed by atoms with Crippen LogP contribution in [0.2, 0.25) is 0 Å². The molecule has 0 aromatic rings. The predicted molar refractivity (Wildman–Crippen MR) is 66.4 cm³/mol. The van der Waals surface area contributed by atoms with Crippen molar-refractivity contribution in [2.75, 3.05) is 0 Å². The molecule has 0 heterocycles. The molecule has 0 rings (SSSR count). The van der Waals surface area contributed by atoms with Gasteiger partial charge in [0.15, 0.2) is 0 Å². The summed E-state index contributed by atoms with van der Waals surface area (Å²) < 4.78 is 79.1. The van der Waals surface area contributed by atoms with E-state index in [-0.39, 0.29) is 0 Å². The molecule has 0 unspecified atom stereocenters. The third-order valence-corrected chi connectivity index (χ3v) is 14.7. The molecule has 0 bridgehead atoms. The quantitative estimate of drug-likeness (QED) is 0.467. The van der Waals surface area contributed by atoms with Crippen LogP contribution in [0.4, 0.5) is 0 Å². The second-order valence-corrected chi connectivity index (χ2v) is 13.7. The fraction of sp³-hybridized carbons (Fsp3) is 0. The van der Waals surface area contributed by atoms with Crippen LogP contribution in [-0.4, -0.2) is 48.0 Å². The first kappa shape index (κ1) is 18.8. The molecule has 0 aliphatic heterocycles. The van der Waals surface area contributed by atoms with E-state index < -0.39 is 53.1 Å². The van der Waals surface area contributed by atoms with E-state index in [2.05, 4.69) is 26.6 Å². The van der Waals surface area contributed by atoms with Crippen molar-refractivity contribution in [2.45, 2.75) is 0 Å². The molecule has 0 atom stereocenters. The molecule has 9 nitrogen and oxygen atoms in total. The molecular formula is C6H9InO9S3. The van der Waals surface area contributed by atoms with Crippen molar-refractivity contribution in [3.63, 3.8) is 0 Å². The Hall–Kier alpha value is -0.180. The summed E-state index contributed by atoms with van der Waals surface area (Å²) >= 11 is -4.93. The van der Waals surface area contributed by atoms with Crippen LogP contribution in [0.3, 0.4) is 0 Å². The van der Waals surface area contributed by atoms with Crippen LogP contribution in [0.25, 0.3) is 0 Å². The first-order chi connectivity index (χ1) is 8.47.